The highest BCUT2D eigenvalue weighted by molar-refractivity contribution is 5.47. The van der Waals surface area contributed by atoms with Gasteiger partial charge in [-0.15, -0.1) is 0 Å². The number of fused-ring (bicyclic) bond motifs is 1. The normalized spacial score (nSPS) is 18.8. The molecular formula is C16H17N5O. The first-order chi connectivity index (χ1) is 10.8. The van der Waals surface area contributed by atoms with Gasteiger partial charge in [0.2, 0.25) is 0 Å². The molecule has 0 saturated carbocycles. The number of benzene rings is 1. The summed E-state index contributed by atoms with van der Waals surface area (Å²) >= 11 is 0. The molecule has 1 fully saturated rings. The van der Waals surface area contributed by atoms with E-state index in [1.807, 2.05) is 25.1 Å². The summed E-state index contributed by atoms with van der Waals surface area (Å²) in [7, 11) is 0. The second-order valence-corrected chi connectivity index (χ2v) is 5.44. The Hall–Kier alpha value is -2.47. The SMILES string of the molecule is Cc1cc(N2CCOC(c3ccccc3)C2)n2ncnc2n1. The third-order valence-electron chi connectivity index (χ3n) is 3.92. The molecule has 1 aliphatic rings. The molecule has 3 heterocycles. The minimum atomic E-state index is 0.0713. The third-order valence-corrected chi connectivity index (χ3v) is 3.92. The van der Waals surface area contributed by atoms with Crippen molar-refractivity contribution < 1.29 is 4.74 Å². The minimum Gasteiger partial charge on any atom is -0.370 e. The Morgan fingerprint density at radius 2 is 2.09 bits per heavy atom. The van der Waals surface area contributed by atoms with Crippen molar-refractivity contribution in [3.05, 3.63) is 54.0 Å². The van der Waals surface area contributed by atoms with Gasteiger partial charge in [0.1, 0.15) is 18.2 Å². The molecule has 0 aliphatic carbocycles. The molecule has 1 aliphatic heterocycles. The molecule has 6 nitrogen and oxygen atoms in total. The van der Waals surface area contributed by atoms with Crippen molar-refractivity contribution in [1.29, 1.82) is 0 Å². The van der Waals surface area contributed by atoms with Crippen LogP contribution in [0.4, 0.5) is 5.82 Å². The maximum absolute atomic E-state index is 5.94. The molecule has 6 heteroatoms. The molecule has 0 radical (unpaired) electrons. The molecule has 1 aromatic carbocycles. The van der Waals surface area contributed by atoms with Gasteiger partial charge in [0.25, 0.3) is 5.78 Å². The molecule has 1 atom stereocenters. The largest absolute Gasteiger partial charge is 0.370 e. The zero-order chi connectivity index (χ0) is 14.9. The van der Waals surface area contributed by atoms with Gasteiger partial charge in [0, 0.05) is 24.8 Å². The number of nitrogens with zero attached hydrogens (tertiary/aromatic N) is 5. The maximum atomic E-state index is 5.94. The summed E-state index contributed by atoms with van der Waals surface area (Å²) in [5, 5.41) is 4.29. The Balaban J connectivity index is 1.68. The summed E-state index contributed by atoms with van der Waals surface area (Å²) in [5.74, 6) is 1.65. The van der Waals surface area contributed by atoms with Crippen LogP contribution in [0.5, 0.6) is 0 Å². The third kappa shape index (κ3) is 2.31. The number of anilines is 1. The number of aromatic nitrogens is 4. The lowest BCUT2D eigenvalue weighted by molar-refractivity contribution is 0.0394. The Morgan fingerprint density at radius 1 is 1.23 bits per heavy atom. The first-order valence-corrected chi connectivity index (χ1v) is 7.40. The van der Waals surface area contributed by atoms with Crippen molar-refractivity contribution in [2.45, 2.75) is 13.0 Å². The van der Waals surface area contributed by atoms with Crippen LogP contribution in [0.3, 0.4) is 0 Å². The van der Waals surface area contributed by atoms with E-state index in [4.69, 9.17) is 4.74 Å². The van der Waals surface area contributed by atoms with Gasteiger partial charge < -0.3 is 9.64 Å². The van der Waals surface area contributed by atoms with Crippen LogP contribution in [0.15, 0.2) is 42.7 Å². The number of hydrogen-bond donors (Lipinski definition) is 0. The number of hydrogen-bond acceptors (Lipinski definition) is 5. The van der Waals surface area contributed by atoms with Crippen LogP contribution in [0, 0.1) is 6.92 Å². The van der Waals surface area contributed by atoms with Gasteiger partial charge in [-0.25, -0.2) is 4.98 Å². The van der Waals surface area contributed by atoms with E-state index in [2.05, 4.69) is 38.2 Å². The van der Waals surface area contributed by atoms with Gasteiger partial charge in [-0.3, -0.25) is 0 Å². The topological polar surface area (TPSA) is 55.6 Å². The van der Waals surface area contributed by atoms with Gasteiger partial charge in [-0.2, -0.15) is 14.6 Å². The molecule has 1 unspecified atom stereocenters. The number of aryl methyl sites for hydroxylation is 1. The van der Waals surface area contributed by atoms with Crippen LogP contribution in [0.1, 0.15) is 17.4 Å². The van der Waals surface area contributed by atoms with Crippen molar-refractivity contribution in [3.8, 4) is 0 Å². The number of ether oxygens (including phenoxy) is 1. The summed E-state index contributed by atoms with van der Waals surface area (Å²) in [6, 6.07) is 12.4. The molecule has 1 saturated heterocycles. The Labute approximate surface area is 128 Å². The van der Waals surface area contributed by atoms with E-state index in [-0.39, 0.29) is 6.10 Å². The van der Waals surface area contributed by atoms with Crippen LogP contribution in [-0.4, -0.2) is 39.3 Å². The van der Waals surface area contributed by atoms with Crippen LogP contribution < -0.4 is 4.90 Å². The molecule has 4 rings (SSSR count). The predicted molar refractivity (Wildman–Crippen MR) is 82.9 cm³/mol. The van der Waals surface area contributed by atoms with E-state index in [0.717, 1.165) is 24.6 Å². The molecule has 112 valence electrons. The monoisotopic (exact) mass is 295 g/mol. The van der Waals surface area contributed by atoms with E-state index in [1.54, 1.807) is 10.8 Å². The molecule has 0 amide bonds. The summed E-state index contributed by atoms with van der Waals surface area (Å²) in [6.45, 7) is 4.30. The lowest BCUT2D eigenvalue weighted by Crippen LogP contribution is -2.39. The van der Waals surface area contributed by atoms with Crippen LogP contribution in [0.2, 0.25) is 0 Å². The van der Waals surface area contributed by atoms with E-state index in [0.29, 0.717) is 12.4 Å². The number of rotatable bonds is 2. The van der Waals surface area contributed by atoms with Crippen molar-refractivity contribution in [3.63, 3.8) is 0 Å². The van der Waals surface area contributed by atoms with Crippen molar-refractivity contribution in [1.82, 2.24) is 19.6 Å². The Kier molecular flexibility index (Phi) is 3.23. The van der Waals surface area contributed by atoms with Crippen molar-refractivity contribution in [2.24, 2.45) is 0 Å². The Bertz CT molecular complexity index is 786. The van der Waals surface area contributed by atoms with E-state index in [9.17, 15) is 0 Å². The lowest BCUT2D eigenvalue weighted by Gasteiger charge is -2.34. The zero-order valence-electron chi connectivity index (χ0n) is 12.4. The van der Waals surface area contributed by atoms with E-state index in [1.165, 1.54) is 5.56 Å². The van der Waals surface area contributed by atoms with Crippen LogP contribution >= 0.6 is 0 Å². The molecule has 0 N–H and O–H groups in total. The summed E-state index contributed by atoms with van der Waals surface area (Å²) < 4.78 is 7.73. The standard InChI is InChI=1S/C16H17N5O/c1-12-9-15(21-16(19-12)17-11-18-21)20-7-8-22-14(10-20)13-5-3-2-4-6-13/h2-6,9,11,14H,7-8,10H2,1H3. The zero-order valence-corrected chi connectivity index (χ0v) is 12.4. The average molecular weight is 295 g/mol. The highest BCUT2D eigenvalue weighted by Crippen LogP contribution is 2.26. The fraction of sp³-hybridized carbons (Fsp3) is 0.312. The quantitative estimate of drug-likeness (QED) is 0.724. The number of morpholine rings is 1. The van der Waals surface area contributed by atoms with Crippen LogP contribution in [-0.2, 0) is 4.74 Å². The fourth-order valence-corrected chi connectivity index (χ4v) is 2.86. The summed E-state index contributed by atoms with van der Waals surface area (Å²) in [6.07, 6.45) is 1.61. The smallest absolute Gasteiger partial charge is 0.254 e. The first-order valence-electron chi connectivity index (χ1n) is 7.40. The minimum absolute atomic E-state index is 0.0713. The van der Waals surface area contributed by atoms with E-state index >= 15 is 0 Å². The average Bonchev–Trinajstić information content (AvgIpc) is 3.03. The van der Waals surface area contributed by atoms with Gasteiger partial charge in [0.05, 0.1) is 6.61 Å². The molecule has 2 aromatic heterocycles. The lowest BCUT2D eigenvalue weighted by atomic mass is 10.1. The second-order valence-electron chi connectivity index (χ2n) is 5.44. The predicted octanol–water partition coefficient (Wildman–Crippen LogP) is 2.01. The van der Waals surface area contributed by atoms with Crippen molar-refractivity contribution >= 4 is 11.6 Å². The molecular weight excluding hydrogens is 278 g/mol. The van der Waals surface area contributed by atoms with E-state index < -0.39 is 0 Å². The highest BCUT2D eigenvalue weighted by atomic mass is 16.5. The van der Waals surface area contributed by atoms with Crippen LogP contribution in [0.25, 0.3) is 5.78 Å². The second kappa shape index (κ2) is 5.38. The fourth-order valence-electron chi connectivity index (χ4n) is 2.86. The maximum Gasteiger partial charge on any atom is 0.254 e. The van der Waals surface area contributed by atoms with Gasteiger partial charge >= 0.3 is 0 Å². The molecule has 3 aromatic rings. The molecule has 22 heavy (non-hydrogen) atoms. The molecule has 0 spiro atoms. The van der Waals surface area contributed by atoms with Gasteiger partial charge in [-0.05, 0) is 12.5 Å². The highest BCUT2D eigenvalue weighted by Gasteiger charge is 2.24. The first kappa shape index (κ1) is 13.2. The summed E-state index contributed by atoms with van der Waals surface area (Å²) in [4.78, 5) is 10.9. The van der Waals surface area contributed by atoms with Crippen molar-refractivity contribution in [2.75, 3.05) is 24.6 Å². The van der Waals surface area contributed by atoms with Gasteiger partial charge in [-0.1, -0.05) is 30.3 Å². The Morgan fingerprint density at radius 3 is 2.95 bits per heavy atom. The molecule has 0 bridgehead atoms. The summed E-state index contributed by atoms with van der Waals surface area (Å²) in [5.41, 5.74) is 2.14. The van der Waals surface area contributed by atoms with Gasteiger partial charge in [0.15, 0.2) is 0 Å².